The lowest BCUT2D eigenvalue weighted by Crippen LogP contribution is -2.39. The van der Waals surface area contributed by atoms with Gasteiger partial charge in [-0.25, -0.2) is 4.98 Å². The molecule has 1 aromatic heterocycles. The number of aromatic nitrogens is 2. The SMILES string of the molecule is CN(C)CCn1ccnc1C1CCCN(C(=O)c2ccc(O)cc2)C1. The lowest BCUT2D eigenvalue weighted by Gasteiger charge is -2.33. The van der Waals surface area contributed by atoms with Crippen molar-refractivity contribution in [1.29, 1.82) is 0 Å². The molecule has 1 aliphatic heterocycles. The summed E-state index contributed by atoms with van der Waals surface area (Å²) >= 11 is 0. The maximum absolute atomic E-state index is 12.7. The van der Waals surface area contributed by atoms with E-state index in [0.717, 1.165) is 38.3 Å². The van der Waals surface area contributed by atoms with Crippen molar-refractivity contribution >= 4 is 5.91 Å². The van der Waals surface area contributed by atoms with Crippen molar-refractivity contribution in [2.75, 3.05) is 33.7 Å². The van der Waals surface area contributed by atoms with E-state index in [4.69, 9.17) is 0 Å². The van der Waals surface area contributed by atoms with Crippen LogP contribution in [0.4, 0.5) is 0 Å². The molecule has 1 saturated heterocycles. The maximum Gasteiger partial charge on any atom is 0.253 e. The highest BCUT2D eigenvalue weighted by molar-refractivity contribution is 5.94. The van der Waals surface area contributed by atoms with Crippen LogP contribution in [-0.2, 0) is 6.54 Å². The minimum Gasteiger partial charge on any atom is -0.508 e. The summed E-state index contributed by atoms with van der Waals surface area (Å²) < 4.78 is 2.21. The predicted molar refractivity (Wildman–Crippen MR) is 96.8 cm³/mol. The fourth-order valence-corrected chi connectivity index (χ4v) is 3.34. The molecule has 0 aliphatic carbocycles. The molecular weight excluding hydrogens is 316 g/mol. The van der Waals surface area contributed by atoms with Gasteiger partial charge in [0.25, 0.3) is 5.91 Å². The Morgan fingerprint density at radius 2 is 2.08 bits per heavy atom. The summed E-state index contributed by atoms with van der Waals surface area (Å²) in [5.41, 5.74) is 0.620. The van der Waals surface area contributed by atoms with Crippen LogP contribution in [-0.4, -0.2) is 64.1 Å². The van der Waals surface area contributed by atoms with Gasteiger partial charge in [-0.2, -0.15) is 0 Å². The Bertz CT molecular complexity index is 708. The number of hydrogen-bond acceptors (Lipinski definition) is 4. The number of likely N-dealkylation sites (tertiary alicyclic amines) is 1. The van der Waals surface area contributed by atoms with Crippen molar-refractivity contribution in [1.82, 2.24) is 19.4 Å². The van der Waals surface area contributed by atoms with E-state index in [1.54, 1.807) is 24.3 Å². The molecule has 1 N–H and O–H groups in total. The van der Waals surface area contributed by atoms with E-state index in [1.165, 1.54) is 0 Å². The van der Waals surface area contributed by atoms with Gasteiger partial charge in [-0.05, 0) is 51.2 Å². The highest BCUT2D eigenvalue weighted by Crippen LogP contribution is 2.27. The molecule has 134 valence electrons. The number of carbonyl (C=O) groups excluding carboxylic acids is 1. The van der Waals surface area contributed by atoms with Crippen molar-refractivity contribution in [3.8, 4) is 5.75 Å². The van der Waals surface area contributed by atoms with Crippen molar-refractivity contribution in [2.45, 2.75) is 25.3 Å². The van der Waals surface area contributed by atoms with E-state index in [-0.39, 0.29) is 17.6 Å². The van der Waals surface area contributed by atoms with Crippen LogP contribution in [0.2, 0.25) is 0 Å². The van der Waals surface area contributed by atoms with Gasteiger partial charge >= 0.3 is 0 Å². The normalized spacial score (nSPS) is 17.9. The zero-order valence-corrected chi connectivity index (χ0v) is 14.9. The first-order valence-electron chi connectivity index (χ1n) is 8.78. The van der Waals surface area contributed by atoms with E-state index in [9.17, 15) is 9.90 Å². The molecule has 0 spiro atoms. The third-order valence-corrected chi connectivity index (χ3v) is 4.72. The number of phenolic OH excluding ortho intramolecular Hbond substituents is 1. The minimum absolute atomic E-state index is 0.0242. The Morgan fingerprint density at radius 1 is 1.32 bits per heavy atom. The van der Waals surface area contributed by atoms with Gasteiger partial charge < -0.3 is 19.5 Å². The molecule has 2 heterocycles. The van der Waals surface area contributed by atoms with Gasteiger partial charge in [0.05, 0.1) is 0 Å². The molecule has 6 heteroatoms. The molecule has 3 rings (SSSR count). The summed E-state index contributed by atoms with van der Waals surface area (Å²) in [5, 5.41) is 9.40. The molecule has 2 aromatic rings. The fraction of sp³-hybridized carbons (Fsp3) is 0.474. The van der Waals surface area contributed by atoms with Crippen LogP contribution in [0.25, 0.3) is 0 Å². The Hall–Kier alpha value is -2.34. The Balaban J connectivity index is 1.70. The Labute approximate surface area is 148 Å². The summed E-state index contributed by atoms with van der Waals surface area (Å²) in [7, 11) is 4.13. The molecule has 0 bridgehead atoms. The summed E-state index contributed by atoms with van der Waals surface area (Å²) in [5.74, 6) is 1.55. The van der Waals surface area contributed by atoms with Crippen LogP contribution in [0.5, 0.6) is 5.75 Å². The molecule has 25 heavy (non-hydrogen) atoms. The van der Waals surface area contributed by atoms with Gasteiger partial charge in [0, 0.05) is 50.1 Å². The number of likely N-dealkylation sites (N-methyl/N-ethyl adjacent to an activating group) is 1. The summed E-state index contributed by atoms with van der Waals surface area (Å²) in [6, 6.07) is 6.48. The second-order valence-corrected chi connectivity index (χ2v) is 6.92. The highest BCUT2D eigenvalue weighted by Gasteiger charge is 2.28. The quantitative estimate of drug-likeness (QED) is 0.905. The van der Waals surface area contributed by atoms with E-state index >= 15 is 0 Å². The summed E-state index contributed by atoms with van der Waals surface area (Å²) in [6.07, 6.45) is 5.92. The van der Waals surface area contributed by atoms with Gasteiger partial charge in [-0.15, -0.1) is 0 Å². The van der Waals surface area contributed by atoms with E-state index in [1.807, 2.05) is 17.3 Å². The number of benzene rings is 1. The standard InChI is InChI=1S/C19H26N4O2/c1-21(2)12-13-22-11-9-20-18(22)16-4-3-10-23(14-16)19(25)15-5-7-17(24)8-6-15/h5-9,11,16,24H,3-4,10,12-14H2,1-2H3. The van der Waals surface area contributed by atoms with E-state index < -0.39 is 0 Å². The number of carbonyl (C=O) groups is 1. The molecule has 6 nitrogen and oxygen atoms in total. The van der Waals surface area contributed by atoms with Crippen molar-refractivity contribution < 1.29 is 9.90 Å². The average Bonchev–Trinajstić information content (AvgIpc) is 3.09. The first-order valence-corrected chi connectivity index (χ1v) is 8.78. The van der Waals surface area contributed by atoms with Crippen molar-refractivity contribution in [3.05, 3.63) is 48.0 Å². The third kappa shape index (κ3) is 4.20. The second kappa shape index (κ2) is 7.70. The van der Waals surface area contributed by atoms with E-state index in [2.05, 4.69) is 28.5 Å². The van der Waals surface area contributed by atoms with Crippen LogP contribution in [0.15, 0.2) is 36.7 Å². The number of aromatic hydroxyl groups is 1. The lowest BCUT2D eigenvalue weighted by atomic mass is 9.96. The van der Waals surface area contributed by atoms with Crippen LogP contribution in [0.3, 0.4) is 0 Å². The summed E-state index contributed by atoms with van der Waals surface area (Å²) in [4.78, 5) is 21.4. The number of rotatable bonds is 5. The number of piperidine rings is 1. The van der Waals surface area contributed by atoms with Crippen molar-refractivity contribution in [2.24, 2.45) is 0 Å². The van der Waals surface area contributed by atoms with Gasteiger partial charge in [0.15, 0.2) is 0 Å². The molecule has 1 unspecified atom stereocenters. The minimum atomic E-state index is 0.0242. The summed E-state index contributed by atoms with van der Waals surface area (Å²) in [6.45, 7) is 3.34. The van der Waals surface area contributed by atoms with Crippen LogP contribution in [0.1, 0.15) is 34.9 Å². The molecule has 0 radical (unpaired) electrons. The Morgan fingerprint density at radius 3 is 2.80 bits per heavy atom. The molecule has 1 aromatic carbocycles. The first-order chi connectivity index (χ1) is 12.0. The Kier molecular flexibility index (Phi) is 5.38. The average molecular weight is 342 g/mol. The largest absolute Gasteiger partial charge is 0.508 e. The zero-order valence-electron chi connectivity index (χ0n) is 14.9. The van der Waals surface area contributed by atoms with Crippen LogP contribution >= 0.6 is 0 Å². The predicted octanol–water partition coefficient (Wildman–Crippen LogP) is 2.17. The first kappa shape index (κ1) is 17.5. The number of nitrogens with zero attached hydrogens (tertiary/aromatic N) is 4. The number of phenols is 1. The number of imidazole rings is 1. The number of amides is 1. The van der Waals surface area contributed by atoms with Gasteiger partial charge in [-0.3, -0.25) is 4.79 Å². The fourth-order valence-electron chi connectivity index (χ4n) is 3.34. The molecule has 1 aliphatic rings. The topological polar surface area (TPSA) is 61.6 Å². The maximum atomic E-state index is 12.7. The molecule has 0 saturated carbocycles. The monoisotopic (exact) mass is 342 g/mol. The molecule has 1 atom stereocenters. The molecular formula is C19H26N4O2. The zero-order chi connectivity index (χ0) is 17.8. The number of hydrogen-bond donors (Lipinski definition) is 1. The smallest absolute Gasteiger partial charge is 0.253 e. The second-order valence-electron chi connectivity index (χ2n) is 6.92. The van der Waals surface area contributed by atoms with E-state index in [0.29, 0.717) is 12.1 Å². The van der Waals surface area contributed by atoms with Gasteiger partial charge in [0.1, 0.15) is 11.6 Å². The van der Waals surface area contributed by atoms with Crippen molar-refractivity contribution in [3.63, 3.8) is 0 Å². The highest BCUT2D eigenvalue weighted by atomic mass is 16.3. The lowest BCUT2D eigenvalue weighted by molar-refractivity contribution is 0.0703. The van der Waals surface area contributed by atoms with Gasteiger partial charge in [0.2, 0.25) is 0 Å². The molecule has 1 amide bonds. The van der Waals surface area contributed by atoms with Crippen LogP contribution < -0.4 is 0 Å². The third-order valence-electron chi connectivity index (χ3n) is 4.72. The molecule has 1 fully saturated rings. The van der Waals surface area contributed by atoms with Gasteiger partial charge in [-0.1, -0.05) is 0 Å². The van der Waals surface area contributed by atoms with Crippen LogP contribution in [0, 0.1) is 0 Å².